The molecule has 0 aliphatic carbocycles. The highest BCUT2D eigenvalue weighted by Gasteiger charge is 2.13. The van der Waals surface area contributed by atoms with Crippen molar-refractivity contribution in [3.8, 4) is 5.69 Å². The van der Waals surface area contributed by atoms with Crippen molar-refractivity contribution in [2.45, 2.75) is 13.8 Å². The van der Waals surface area contributed by atoms with Gasteiger partial charge in [-0.15, -0.1) is 5.11 Å². The average Bonchev–Trinajstić information content (AvgIpc) is 2.82. The van der Waals surface area contributed by atoms with Crippen molar-refractivity contribution in [3.63, 3.8) is 0 Å². The first kappa shape index (κ1) is 14.0. The SMILES string of the molecule is Cc1ccccc1N=Nc1c(C)nn(-c2ccccc2)c1N. The summed E-state index contributed by atoms with van der Waals surface area (Å²) in [6, 6.07) is 17.6. The van der Waals surface area contributed by atoms with E-state index >= 15 is 0 Å². The predicted octanol–water partition coefficient (Wildman–Crippen LogP) is 4.49. The molecular formula is C17H17N5. The van der Waals surface area contributed by atoms with E-state index in [1.165, 1.54) is 0 Å². The number of nitrogens with two attached hydrogens (primary N) is 1. The monoisotopic (exact) mass is 291 g/mol. The number of hydrogen-bond donors (Lipinski definition) is 1. The standard InChI is InChI=1S/C17H17N5/c1-12-8-6-7-11-15(12)19-20-16-13(2)21-22(17(16)18)14-9-4-3-5-10-14/h3-11H,18H2,1-2H3. The molecule has 110 valence electrons. The fourth-order valence-electron chi connectivity index (χ4n) is 2.21. The van der Waals surface area contributed by atoms with Crippen LogP contribution in [0.15, 0.2) is 64.8 Å². The quantitative estimate of drug-likeness (QED) is 0.722. The van der Waals surface area contributed by atoms with Gasteiger partial charge in [0, 0.05) is 0 Å². The molecule has 0 aliphatic rings. The van der Waals surface area contributed by atoms with Crippen LogP contribution in [0.1, 0.15) is 11.3 Å². The van der Waals surface area contributed by atoms with E-state index in [9.17, 15) is 0 Å². The van der Waals surface area contributed by atoms with E-state index in [0.29, 0.717) is 11.5 Å². The van der Waals surface area contributed by atoms with Gasteiger partial charge in [0.1, 0.15) is 0 Å². The van der Waals surface area contributed by atoms with E-state index in [0.717, 1.165) is 22.6 Å². The molecule has 0 amide bonds. The van der Waals surface area contributed by atoms with Crippen LogP contribution in [0.2, 0.25) is 0 Å². The van der Waals surface area contributed by atoms with Gasteiger partial charge in [0.05, 0.1) is 17.1 Å². The summed E-state index contributed by atoms with van der Waals surface area (Å²) >= 11 is 0. The Kier molecular flexibility index (Phi) is 3.70. The largest absolute Gasteiger partial charge is 0.382 e. The summed E-state index contributed by atoms with van der Waals surface area (Å²) in [5.74, 6) is 0.487. The third kappa shape index (κ3) is 2.61. The molecule has 3 aromatic rings. The second-order valence-corrected chi connectivity index (χ2v) is 5.05. The maximum absolute atomic E-state index is 6.19. The summed E-state index contributed by atoms with van der Waals surface area (Å²) in [4.78, 5) is 0. The first-order chi connectivity index (χ1) is 10.7. The number of aryl methyl sites for hydroxylation is 2. The van der Waals surface area contributed by atoms with Crippen LogP contribution in [-0.2, 0) is 0 Å². The number of benzene rings is 2. The number of aromatic nitrogens is 2. The van der Waals surface area contributed by atoms with E-state index in [1.807, 2.05) is 68.4 Å². The Bertz CT molecular complexity index is 818. The number of nitrogens with zero attached hydrogens (tertiary/aromatic N) is 4. The molecule has 5 heteroatoms. The van der Waals surface area contributed by atoms with E-state index in [-0.39, 0.29) is 0 Å². The second kappa shape index (κ2) is 5.81. The zero-order valence-electron chi connectivity index (χ0n) is 12.6. The van der Waals surface area contributed by atoms with E-state index < -0.39 is 0 Å². The van der Waals surface area contributed by atoms with Gasteiger partial charge in [0.25, 0.3) is 0 Å². The van der Waals surface area contributed by atoms with Crippen molar-refractivity contribution in [1.82, 2.24) is 9.78 Å². The number of para-hydroxylation sites is 1. The Morgan fingerprint density at radius 1 is 0.909 bits per heavy atom. The lowest BCUT2D eigenvalue weighted by Gasteiger charge is -2.02. The molecule has 22 heavy (non-hydrogen) atoms. The Morgan fingerprint density at radius 3 is 2.32 bits per heavy atom. The first-order valence-corrected chi connectivity index (χ1v) is 7.04. The molecule has 5 nitrogen and oxygen atoms in total. The van der Waals surface area contributed by atoms with Crippen molar-refractivity contribution in [2.75, 3.05) is 5.73 Å². The van der Waals surface area contributed by atoms with Crippen LogP contribution in [0.5, 0.6) is 0 Å². The molecule has 0 unspecified atom stereocenters. The summed E-state index contributed by atoms with van der Waals surface area (Å²) in [6.07, 6.45) is 0. The lowest BCUT2D eigenvalue weighted by atomic mass is 10.2. The van der Waals surface area contributed by atoms with E-state index in [4.69, 9.17) is 5.73 Å². The van der Waals surface area contributed by atoms with Gasteiger partial charge in [-0.05, 0) is 37.6 Å². The van der Waals surface area contributed by atoms with Crippen molar-refractivity contribution >= 4 is 17.2 Å². The van der Waals surface area contributed by atoms with Gasteiger partial charge in [-0.3, -0.25) is 0 Å². The van der Waals surface area contributed by atoms with Crippen LogP contribution < -0.4 is 5.73 Å². The Balaban J connectivity index is 1.99. The maximum Gasteiger partial charge on any atom is 0.155 e. The molecule has 0 bridgehead atoms. The third-order valence-electron chi connectivity index (χ3n) is 3.44. The molecule has 3 rings (SSSR count). The smallest absolute Gasteiger partial charge is 0.155 e. The van der Waals surface area contributed by atoms with Crippen LogP contribution in [0.25, 0.3) is 5.69 Å². The van der Waals surface area contributed by atoms with Crippen LogP contribution in [0.4, 0.5) is 17.2 Å². The number of hydrogen-bond acceptors (Lipinski definition) is 4. The first-order valence-electron chi connectivity index (χ1n) is 7.04. The van der Waals surface area contributed by atoms with Crippen LogP contribution in [-0.4, -0.2) is 9.78 Å². The minimum absolute atomic E-state index is 0.487. The molecule has 1 heterocycles. The Morgan fingerprint density at radius 2 is 1.59 bits per heavy atom. The molecule has 2 aromatic carbocycles. The molecule has 0 saturated carbocycles. The molecule has 1 aromatic heterocycles. The van der Waals surface area contributed by atoms with Gasteiger partial charge in [-0.2, -0.15) is 10.2 Å². The Hall–Kier alpha value is -2.95. The van der Waals surface area contributed by atoms with Crippen molar-refractivity contribution in [2.24, 2.45) is 10.2 Å². The predicted molar refractivity (Wildman–Crippen MR) is 88.1 cm³/mol. The minimum Gasteiger partial charge on any atom is -0.382 e. The summed E-state index contributed by atoms with van der Waals surface area (Å²) in [5.41, 5.74) is 10.3. The molecule has 0 atom stereocenters. The highest BCUT2D eigenvalue weighted by Crippen LogP contribution is 2.30. The summed E-state index contributed by atoms with van der Waals surface area (Å²) in [7, 11) is 0. The Labute approximate surface area is 129 Å². The normalized spacial score (nSPS) is 11.2. The van der Waals surface area contributed by atoms with E-state index in [1.54, 1.807) is 4.68 Å². The van der Waals surface area contributed by atoms with Gasteiger partial charge >= 0.3 is 0 Å². The van der Waals surface area contributed by atoms with Crippen molar-refractivity contribution in [1.29, 1.82) is 0 Å². The van der Waals surface area contributed by atoms with Gasteiger partial charge in [-0.1, -0.05) is 36.4 Å². The van der Waals surface area contributed by atoms with Crippen molar-refractivity contribution in [3.05, 3.63) is 65.9 Å². The fraction of sp³-hybridized carbons (Fsp3) is 0.118. The van der Waals surface area contributed by atoms with Gasteiger partial charge < -0.3 is 5.73 Å². The molecular weight excluding hydrogens is 274 g/mol. The van der Waals surface area contributed by atoms with E-state index in [2.05, 4.69) is 15.3 Å². The fourth-order valence-corrected chi connectivity index (χ4v) is 2.21. The molecule has 0 radical (unpaired) electrons. The number of nitrogen functional groups attached to an aromatic ring is 1. The van der Waals surface area contributed by atoms with Gasteiger partial charge in [0.15, 0.2) is 11.5 Å². The highest BCUT2D eigenvalue weighted by atomic mass is 15.3. The average molecular weight is 291 g/mol. The lowest BCUT2D eigenvalue weighted by Crippen LogP contribution is -2.01. The number of rotatable bonds is 3. The third-order valence-corrected chi connectivity index (χ3v) is 3.44. The molecule has 0 saturated heterocycles. The van der Waals surface area contributed by atoms with Crippen LogP contribution >= 0.6 is 0 Å². The van der Waals surface area contributed by atoms with Crippen LogP contribution in [0.3, 0.4) is 0 Å². The number of anilines is 1. The molecule has 0 aliphatic heterocycles. The minimum atomic E-state index is 0.487. The van der Waals surface area contributed by atoms with Crippen LogP contribution in [0, 0.1) is 13.8 Å². The van der Waals surface area contributed by atoms with Gasteiger partial charge in [-0.25, -0.2) is 4.68 Å². The maximum atomic E-state index is 6.19. The topological polar surface area (TPSA) is 68.6 Å². The van der Waals surface area contributed by atoms with Gasteiger partial charge in [0.2, 0.25) is 0 Å². The summed E-state index contributed by atoms with van der Waals surface area (Å²) in [5, 5.41) is 13.0. The second-order valence-electron chi connectivity index (χ2n) is 5.05. The lowest BCUT2D eigenvalue weighted by molar-refractivity contribution is 0.872. The summed E-state index contributed by atoms with van der Waals surface area (Å²) in [6.45, 7) is 3.87. The highest BCUT2D eigenvalue weighted by molar-refractivity contribution is 5.64. The number of azo groups is 1. The zero-order chi connectivity index (χ0) is 15.5. The molecule has 2 N–H and O–H groups in total. The van der Waals surface area contributed by atoms with Crippen molar-refractivity contribution < 1.29 is 0 Å². The molecule has 0 spiro atoms. The molecule has 0 fully saturated rings. The summed E-state index contributed by atoms with van der Waals surface area (Å²) < 4.78 is 1.68. The zero-order valence-corrected chi connectivity index (χ0v) is 12.6.